The van der Waals surface area contributed by atoms with Gasteiger partial charge in [0.15, 0.2) is 0 Å². The van der Waals surface area contributed by atoms with E-state index in [1.165, 1.54) is 17.5 Å². The van der Waals surface area contributed by atoms with Crippen LogP contribution in [-0.4, -0.2) is 10.1 Å². The molecule has 0 aliphatic heterocycles. The maximum atomic E-state index is 5.29. The molecule has 1 heterocycles. The summed E-state index contributed by atoms with van der Waals surface area (Å²) in [7, 11) is 0. The van der Waals surface area contributed by atoms with Crippen LogP contribution in [0.4, 0.5) is 0 Å². The number of rotatable bonds is 1. The van der Waals surface area contributed by atoms with Crippen LogP contribution in [0, 0.1) is 3.83 Å². The van der Waals surface area contributed by atoms with Crippen molar-refractivity contribution >= 4 is 22.6 Å². The number of aryl methyl sites for hydroxylation is 1. The third-order valence-corrected chi connectivity index (χ3v) is 3.52. The molecule has 0 amide bonds. The van der Waals surface area contributed by atoms with Crippen molar-refractivity contribution in [3.63, 3.8) is 0 Å². The number of aromatic nitrogens is 2. The molecule has 0 bridgehead atoms. The number of hydrogen-bond donors (Lipinski definition) is 0. The van der Waals surface area contributed by atoms with Crippen molar-refractivity contribution in [3.8, 4) is 0 Å². The molecule has 0 saturated carbocycles. The Labute approximate surface area is 107 Å². The van der Waals surface area contributed by atoms with Crippen molar-refractivity contribution in [1.29, 1.82) is 0 Å². The summed E-state index contributed by atoms with van der Waals surface area (Å²) in [4.78, 5) is 4.34. The summed E-state index contributed by atoms with van der Waals surface area (Å²) in [5, 5.41) is 3.87. The van der Waals surface area contributed by atoms with Gasteiger partial charge in [-0.05, 0) is 30.4 Å². The molecule has 0 fully saturated rings. The van der Waals surface area contributed by atoms with Crippen LogP contribution >= 0.6 is 22.6 Å². The van der Waals surface area contributed by atoms with Crippen molar-refractivity contribution in [1.82, 2.24) is 10.1 Å². The third kappa shape index (κ3) is 1.75. The lowest BCUT2D eigenvalue weighted by Crippen LogP contribution is -2.11. The Kier molecular flexibility index (Phi) is 2.67. The molecule has 0 radical (unpaired) electrons. The van der Waals surface area contributed by atoms with Crippen LogP contribution in [0.25, 0.3) is 0 Å². The van der Waals surface area contributed by atoms with E-state index in [0.29, 0.717) is 9.75 Å². The van der Waals surface area contributed by atoms with Crippen LogP contribution in [0.15, 0.2) is 28.8 Å². The first kappa shape index (κ1) is 10.3. The molecule has 1 unspecified atom stereocenters. The first-order valence-electron chi connectivity index (χ1n) is 5.41. The minimum absolute atomic E-state index is 0.293. The van der Waals surface area contributed by atoms with Gasteiger partial charge >= 0.3 is 0 Å². The van der Waals surface area contributed by atoms with E-state index in [9.17, 15) is 0 Å². The highest BCUT2D eigenvalue weighted by Gasteiger charge is 2.25. The minimum atomic E-state index is 0.293. The van der Waals surface area contributed by atoms with Crippen molar-refractivity contribution in [2.45, 2.75) is 25.2 Å². The molecule has 3 nitrogen and oxygen atoms in total. The number of nitrogens with zero attached hydrogens (tertiary/aromatic N) is 2. The van der Waals surface area contributed by atoms with Gasteiger partial charge in [-0.3, -0.25) is 0 Å². The van der Waals surface area contributed by atoms with Gasteiger partial charge in [-0.2, -0.15) is 4.98 Å². The van der Waals surface area contributed by atoms with Gasteiger partial charge in [-0.1, -0.05) is 29.4 Å². The molecule has 0 spiro atoms. The second-order valence-corrected chi connectivity index (χ2v) is 5.01. The smallest absolute Gasteiger partial charge is 0.234 e. The number of benzene rings is 1. The highest BCUT2D eigenvalue weighted by Crippen LogP contribution is 2.35. The van der Waals surface area contributed by atoms with E-state index in [4.69, 9.17) is 4.52 Å². The largest absolute Gasteiger partial charge is 0.338 e. The van der Waals surface area contributed by atoms with Gasteiger partial charge in [0, 0.05) is 22.6 Å². The Morgan fingerprint density at radius 3 is 3.00 bits per heavy atom. The van der Waals surface area contributed by atoms with Gasteiger partial charge < -0.3 is 4.52 Å². The van der Waals surface area contributed by atoms with Gasteiger partial charge in [-0.25, -0.2) is 0 Å². The molecule has 0 saturated heterocycles. The van der Waals surface area contributed by atoms with Crippen LogP contribution in [-0.2, 0) is 6.42 Å². The fourth-order valence-electron chi connectivity index (χ4n) is 2.37. The van der Waals surface area contributed by atoms with Crippen molar-refractivity contribution < 1.29 is 4.52 Å². The quantitative estimate of drug-likeness (QED) is 0.756. The molecule has 82 valence electrons. The molecule has 1 aromatic carbocycles. The summed E-state index contributed by atoms with van der Waals surface area (Å²) in [6.45, 7) is 0. The number of hydrogen-bond acceptors (Lipinski definition) is 3. The molecule has 1 aliphatic rings. The maximum Gasteiger partial charge on any atom is 0.234 e. The molecule has 1 aromatic heterocycles. The van der Waals surface area contributed by atoms with Crippen LogP contribution in [0.2, 0.25) is 0 Å². The van der Waals surface area contributed by atoms with E-state index in [2.05, 4.69) is 57.0 Å². The highest BCUT2D eigenvalue weighted by atomic mass is 127. The summed E-state index contributed by atoms with van der Waals surface area (Å²) in [6.07, 6.45) is 3.47. The lowest BCUT2D eigenvalue weighted by Gasteiger charge is -2.22. The van der Waals surface area contributed by atoms with Gasteiger partial charge in [0.2, 0.25) is 9.72 Å². The van der Waals surface area contributed by atoms with E-state index >= 15 is 0 Å². The van der Waals surface area contributed by atoms with Crippen molar-refractivity contribution in [2.24, 2.45) is 0 Å². The zero-order valence-corrected chi connectivity index (χ0v) is 10.8. The normalized spacial score (nSPS) is 19.4. The Hall–Kier alpha value is -0.910. The van der Waals surface area contributed by atoms with Crippen LogP contribution in [0.5, 0.6) is 0 Å². The summed E-state index contributed by atoms with van der Waals surface area (Å²) < 4.78 is 5.98. The average Bonchev–Trinajstić information content (AvgIpc) is 2.75. The second-order valence-electron chi connectivity index (χ2n) is 4.05. The number of halogens is 1. The first-order valence-corrected chi connectivity index (χ1v) is 6.49. The lowest BCUT2D eigenvalue weighted by atomic mass is 9.83. The maximum absolute atomic E-state index is 5.29. The predicted molar refractivity (Wildman–Crippen MR) is 68.2 cm³/mol. The molecule has 16 heavy (non-hydrogen) atoms. The van der Waals surface area contributed by atoms with Crippen LogP contribution in [0.3, 0.4) is 0 Å². The van der Waals surface area contributed by atoms with E-state index in [0.717, 1.165) is 18.7 Å². The fourth-order valence-corrected chi connectivity index (χ4v) is 2.70. The Morgan fingerprint density at radius 1 is 1.31 bits per heavy atom. The molecule has 2 aromatic rings. The average molecular weight is 326 g/mol. The van der Waals surface area contributed by atoms with Crippen LogP contribution < -0.4 is 0 Å². The molecule has 3 rings (SSSR count). The SMILES string of the molecule is Ic1noc(C2CCCc3ccccc32)n1. The summed E-state index contributed by atoms with van der Waals surface area (Å²) in [5.74, 6) is 1.05. The predicted octanol–water partition coefficient (Wildman–Crippen LogP) is 3.14. The van der Waals surface area contributed by atoms with Gasteiger partial charge in [0.25, 0.3) is 0 Å². The van der Waals surface area contributed by atoms with E-state index < -0.39 is 0 Å². The second kappa shape index (κ2) is 4.16. The zero-order chi connectivity index (χ0) is 11.0. The molecule has 0 N–H and O–H groups in total. The van der Waals surface area contributed by atoms with Crippen molar-refractivity contribution in [3.05, 3.63) is 45.1 Å². The van der Waals surface area contributed by atoms with Gasteiger partial charge in [-0.15, -0.1) is 0 Å². The Balaban J connectivity index is 2.04. The summed E-state index contributed by atoms with van der Waals surface area (Å²) in [6, 6.07) is 8.55. The molecule has 4 heteroatoms. The van der Waals surface area contributed by atoms with E-state index in [1.54, 1.807) is 0 Å². The third-order valence-electron chi connectivity index (χ3n) is 3.08. The van der Waals surface area contributed by atoms with E-state index in [1.807, 2.05) is 0 Å². The molecule has 1 aliphatic carbocycles. The lowest BCUT2D eigenvalue weighted by molar-refractivity contribution is 0.351. The first-order chi connectivity index (χ1) is 7.84. The van der Waals surface area contributed by atoms with Gasteiger partial charge in [0.05, 0.1) is 5.92 Å². The topological polar surface area (TPSA) is 38.9 Å². The standard InChI is InChI=1S/C12H11IN2O/c13-12-14-11(16-15-12)10-7-3-5-8-4-1-2-6-9(8)10/h1-2,4,6,10H,3,5,7H2. The summed E-state index contributed by atoms with van der Waals surface area (Å²) >= 11 is 2.08. The Morgan fingerprint density at radius 2 is 2.19 bits per heavy atom. The highest BCUT2D eigenvalue weighted by molar-refractivity contribution is 14.1. The molecular formula is C12H11IN2O. The van der Waals surface area contributed by atoms with Gasteiger partial charge in [0.1, 0.15) is 0 Å². The van der Waals surface area contributed by atoms with E-state index in [-0.39, 0.29) is 0 Å². The van der Waals surface area contributed by atoms with Crippen LogP contribution in [0.1, 0.15) is 35.8 Å². The zero-order valence-electron chi connectivity index (χ0n) is 8.69. The minimum Gasteiger partial charge on any atom is -0.338 e. The molecular weight excluding hydrogens is 315 g/mol. The van der Waals surface area contributed by atoms with Crippen molar-refractivity contribution in [2.75, 3.05) is 0 Å². The monoisotopic (exact) mass is 326 g/mol. The molecule has 1 atom stereocenters. The number of fused-ring (bicyclic) bond motifs is 1. The Bertz CT molecular complexity index is 509. The summed E-state index contributed by atoms with van der Waals surface area (Å²) in [5.41, 5.74) is 2.78. The fraction of sp³-hybridized carbons (Fsp3) is 0.333.